The minimum atomic E-state index is 0.509. The van der Waals surface area contributed by atoms with Crippen molar-refractivity contribution >= 4 is 5.69 Å². The third kappa shape index (κ3) is 2.30. The number of hydrogen-bond acceptors (Lipinski definition) is 4. The van der Waals surface area contributed by atoms with E-state index in [1.165, 1.54) is 0 Å². The molecule has 4 nitrogen and oxygen atoms in total. The Morgan fingerprint density at radius 2 is 2.29 bits per heavy atom. The quantitative estimate of drug-likeness (QED) is 0.741. The number of methoxy groups -OCH3 is 1. The van der Waals surface area contributed by atoms with E-state index in [9.17, 15) is 0 Å². The van der Waals surface area contributed by atoms with Gasteiger partial charge >= 0.3 is 0 Å². The first kappa shape index (κ1) is 10.2. The molecule has 0 heterocycles. The van der Waals surface area contributed by atoms with E-state index in [4.69, 9.17) is 14.7 Å². The van der Waals surface area contributed by atoms with Gasteiger partial charge in [0.1, 0.15) is 5.75 Å². The zero-order valence-electron chi connectivity index (χ0n) is 8.20. The second-order valence-corrected chi connectivity index (χ2v) is 2.59. The Morgan fingerprint density at radius 3 is 2.86 bits per heavy atom. The van der Waals surface area contributed by atoms with Crippen LogP contribution in [0.3, 0.4) is 0 Å². The molecular weight excluding hydrogens is 180 g/mol. The van der Waals surface area contributed by atoms with E-state index in [0.717, 1.165) is 18.0 Å². The molecule has 4 heteroatoms. The lowest BCUT2D eigenvalue weighted by molar-refractivity contribution is 0.413. The van der Waals surface area contributed by atoms with Crippen LogP contribution in [0.4, 0.5) is 5.69 Å². The predicted molar refractivity (Wildman–Crippen MR) is 53.4 cm³/mol. The number of nitrogens with zero attached hydrogens (tertiary/aromatic N) is 1. The number of rotatable bonds is 4. The molecule has 0 spiro atoms. The molecule has 0 unspecified atom stereocenters. The molecule has 1 aromatic carbocycles. The number of nitriles is 1. The summed E-state index contributed by atoms with van der Waals surface area (Å²) in [6, 6.07) is 5.23. The van der Waals surface area contributed by atoms with Gasteiger partial charge in [0.25, 0.3) is 6.26 Å². The molecule has 0 bridgehead atoms. The first-order chi connectivity index (χ1) is 6.81. The monoisotopic (exact) mass is 192 g/mol. The minimum Gasteiger partial charge on any atom is -0.497 e. The molecule has 74 valence electrons. The zero-order chi connectivity index (χ0) is 10.4. The van der Waals surface area contributed by atoms with Crippen molar-refractivity contribution in [2.75, 3.05) is 19.0 Å². The molecule has 0 radical (unpaired) electrons. The zero-order valence-corrected chi connectivity index (χ0v) is 8.20. The van der Waals surface area contributed by atoms with E-state index in [-0.39, 0.29) is 0 Å². The molecular formula is C10H12N2O2. The molecule has 14 heavy (non-hydrogen) atoms. The van der Waals surface area contributed by atoms with Crippen LogP contribution in [0.25, 0.3) is 0 Å². The molecule has 0 aliphatic heterocycles. The molecule has 0 aliphatic rings. The van der Waals surface area contributed by atoms with Gasteiger partial charge in [0.15, 0.2) is 5.75 Å². The maximum atomic E-state index is 8.41. The average Bonchev–Trinajstić information content (AvgIpc) is 2.21. The highest BCUT2D eigenvalue weighted by Crippen LogP contribution is 2.28. The summed E-state index contributed by atoms with van der Waals surface area (Å²) in [6.07, 6.45) is 1.64. The number of anilines is 1. The molecule has 0 amide bonds. The summed E-state index contributed by atoms with van der Waals surface area (Å²) < 4.78 is 9.83. The average molecular weight is 192 g/mol. The highest BCUT2D eigenvalue weighted by Gasteiger charge is 2.04. The van der Waals surface area contributed by atoms with Crippen LogP contribution in [-0.4, -0.2) is 13.7 Å². The fourth-order valence-electron chi connectivity index (χ4n) is 1.10. The first-order valence-corrected chi connectivity index (χ1v) is 4.29. The normalized spacial score (nSPS) is 8.93. The highest BCUT2D eigenvalue weighted by atomic mass is 16.5. The van der Waals surface area contributed by atoms with Crippen molar-refractivity contribution in [1.29, 1.82) is 5.26 Å². The number of benzene rings is 1. The molecule has 1 N–H and O–H groups in total. The Balaban J connectivity index is 2.98. The summed E-state index contributed by atoms with van der Waals surface area (Å²) in [5.74, 6) is 1.24. The van der Waals surface area contributed by atoms with E-state index < -0.39 is 0 Å². The van der Waals surface area contributed by atoms with Crippen molar-refractivity contribution in [3.05, 3.63) is 18.2 Å². The highest BCUT2D eigenvalue weighted by molar-refractivity contribution is 5.60. The minimum absolute atomic E-state index is 0.509. The molecule has 0 aromatic heterocycles. The van der Waals surface area contributed by atoms with E-state index in [1.54, 1.807) is 31.6 Å². The number of ether oxygens (including phenoxy) is 2. The smallest absolute Gasteiger partial charge is 0.292 e. The molecule has 1 aromatic rings. The lowest BCUT2D eigenvalue weighted by Crippen LogP contribution is -1.99. The molecule has 0 atom stereocenters. The van der Waals surface area contributed by atoms with Crippen LogP contribution in [0.2, 0.25) is 0 Å². The van der Waals surface area contributed by atoms with Crippen molar-refractivity contribution in [3.8, 4) is 17.8 Å². The second-order valence-electron chi connectivity index (χ2n) is 2.59. The van der Waals surface area contributed by atoms with Crippen molar-refractivity contribution < 1.29 is 9.47 Å². The van der Waals surface area contributed by atoms with E-state index in [0.29, 0.717) is 5.75 Å². The Morgan fingerprint density at radius 1 is 1.50 bits per heavy atom. The first-order valence-electron chi connectivity index (χ1n) is 4.29. The Bertz CT molecular complexity index is 344. The van der Waals surface area contributed by atoms with E-state index >= 15 is 0 Å². The van der Waals surface area contributed by atoms with Gasteiger partial charge in [0, 0.05) is 12.6 Å². The largest absolute Gasteiger partial charge is 0.497 e. The summed E-state index contributed by atoms with van der Waals surface area (Å²) in [6.45, 7) is 2.73. The van der Waals surface area contributed by atoms with Crippen LogP contribution >= 0.6 is 0 Å². The SMILES string of the molecule is CCNc1cc(OC)ccc1OC#N. The molecule has 0 saturated carbocycles. The van der Waals surface area contributed by atoms with Crippen molar-refractivity contribution in [1.82, 2.24) is 0 Å². The van der Waals surface area contributed by atoms with Crippen LogP contribution in [0.5, 0.6) is 11.5 Å². The third-order valence-electron chi connectivity index (χ3n) is 1.71. The summed E-state index contributed by atoms with van der Waals surface area (Å²) in [4.78, 5) is 0. The molecule has 0 fully saturated rings. The summed E-state index contributed by atoms with van der Waals surface area (Å²) in [5, 5.41) is 11.5. The van der Waals surface area contributed by atoms with Crippen molar-refractivity contribution in [2.45, 2.75) is 6.92 Å². The summed E-state index contributed by atoms with van der Waals surface area (Å²) in [7, 11) is 1.59. The van der Waals surface area contributed by atoms with Gasteiger partial charge in [-0.05, 0) is 19.1 Å². The Kier molecular flexibility index (Phi) is 3.62. The standard InChI is InChI=1S/C10H12N2O2/c1-3-12-9-6-8(13-2)4-5-10(9)14-7-11/h4-6,12H,3H2,1-2H3. The van der Waals surface area contributed by atoms with Gasteiger partial charge in [-0.2, -0.15) is 0 Å². The summed E-state index contributed by atoms with van der Waals surface area (Å²) >= 11 is 0. The number of nitrogens with one attached hydrogen (secondary N) is 1. The fraction of sp³-hybridized carbons (Fsp3) is 0.300. The van der Waals surface area contributed by atoms with Gasteiger partial charge in [0.05, 0.1) is 12.8 Å². The van der Waals surface area contributed by atoms with Crippen LogP contribution in [0, 0.1) is 11.5 Å². The van der Waals surface area contributed by atoms with Gasteiger partial charge < -0.3 is 14.8 Å². The van der Waals surface area contributed by atoms with Crippen LogP contribution < -0.4 is 14.8 Å². The molecule has 0 saturated heterocycles. The van der Waals surface area contributed by atoms with E-state index in [1.807, 2.05) is 6.92 Å². The number of hydrogen-bond donors (Lipinski definition) is 1. The second kappa shape index (κ2) is 4.97. The van der Waals surface area contributed by atoms with Gasteiger partial charge in [-0.25, -0.2) is 0 Å². The van der Waals surface area contributed by atoms with Crippen LogP contribution in [-0.2, 0) is 0 Å². The van der Waals surface area contributed by atoms with Crippen molar-refractivity contribution in [2.24, 2.45) is 0 Å². The third-order valence-corrected chi connectivity index (χ3v) is 1.71. The molecule has 1 rings (SSSR count). The van der Waals surface area contributed by atoms with Gasteiger partial charge in [-0.3, -0.25) is 0 Å². The molecule has 0 aliphatic carbocycles. The fourth-order valence-corrected chi connectivity index (χ4v) is 1.10. The lowest BCUT2D eigenvalue weighted by atomic mass is 10.2. The topological polar surface area (TPSA) is 54.3 Å². The summed E-state index contributed by atoms with van der Waals surface area (Å²) in [5.41, 5.74) is 0.758. The van der Waals surface area contributed by atoms with Gasteiger partial charge in [-0.15, -0.1) is 5.26 Å². The van der Waals surface area contributed by atoms with E-state index in [2.05, 4.69) is 5.32 Å². The van der Waals surface area contributed by atoms with Gasteiger partial charge in [-0.1, -0.05) is 0 Å². The van der Waals surface area contributed by atoms with Gasteiger partial charge in [0.2, 0.25) is 0 Å². The maximum Gasteiger partial charge on any atom is 0.292 e. The Labute approximate surface area is 83.1 Å². The lowest BCUT2D eigenvalue weighted by Gasteiger charge is -2.09. The van der Waals surface area contributed by atoms with Crippen LogP contribution in [0.1, 0.15) is 6.92 Å². The Hall–Kier alpha value is -1.89. The van der Waals surface area contributed by atoms with Crippen LogP contribution in [0.15, 0.2) is 18.2 Å². The predicted octanol–water partition coefficient (Wildman–Crippen LogP) is 1.99. The van der Waals surface area contributed by atoms with Crippen molar-refractivity contribution in [3.63, 3.8) is 0 Å². The maximum absolute atomic E-state index is 8.41.